The van der Waals surface area contributed by atoms with E-state index in [1.165, 1.54) is 37.9 Å². The zero-order chi connectivity index (χ0) is 18.1. The Labute approximate surface area is 176 Å². The Balaban J connectivity index is 0.00000338. The molecule has 0 saturated carbocycles. The largest absolute Gasteiger partial charge is 0.497 e. The summed E-state index contributed by atoms with van der Waals surface area (Å²) in [6, 6.07) is 8.23. The SMILES string of the molecule is CCNC(=NCCC1CCN(C)CC1)N(C)Cc1ccc(OC)cc1.I. The molecule has 0 spiro atoms. The molecule has 1 aromatic rings. The highest BCUT2D eigenvalue weighted by atomic mass is 127. The number of aliphatic imine (C=N–C) groups is 1. The average Bonchev–Trinajstić information content (AvgIpc) is 2.63. The predicted octanol–water partition coefficient (Wildman–Crippen LogP) is 3.44. The van der Waals surface area contributed by atoms with Crippen molar-refractivity contribution >= 4 is 29.9 Å². The first kappa shape index (κ1) is 23.0. The number of nitrogens with one attached hydrogen (secondary N) is 1. The van der Waals surface area contributed by atoms with Crippen molar-refractivity contribution in [1.29, 1.82) is 0 Å². The quantitative estimate of drug-likeness (QED) is 0.374. The van der Waals surface area contributed by atoms with Crippen molar-refractivity contribution in [3.05, 3.63) is 29.8 Å². The fourth-order valence-corrected chi connectivity index (χ4v) is 3.25. The molecule has 1 saturated heterocycles. The topological polar surface area (TPSA) is 40.1 Å². The van der Waals surface area contributed by atoms with Crippen molar-refractivity contribution in [2.45, 2.75) is 32.7 Å². The first-order chi connectivity index (χ1) is 12.1. The van der Waals surface area contributed by atoms with Crippen LogP contribution in [0.1, 0.15) is 31.7 Å². The van der Waals surface area contributed by atoms with Crippen LogP contribution >= 0.6 is 24.0 Å². The Morgan fingerprint density at radius 3 is 2.50 bits per heavy atom. The molecule has 0 bridgehead atoms. The number of likely N-dealkylation sites (tertiary alicyclic amines) is 1. The van der Waals surface area contributed by atoms with E-state index in [1.54, 1.807) is 7.11 Å². The normalized spacial score (nSPS) is 16.1. The lowest BCUT2D eigenvalue weighted by atomic mass is 9.94. The number of guanidine groups is 1. The fraction of sp³-hybridized carbons (Fsp3) is 0.650. The summed E-state index contributed by atoms with van der Waals surface area (Å²) in [6.07, 6.45) is 3.81. The Morgan fingerprint density at radius 1 is 1.27 bits per heavy atom. The molecule has 0 aliphatic carbocycles. The van der Waals surface area contributed by atoms with Gasteiger partial charge in [0.1, 0.15) is 5.75 Å². The molecule has 1 fully saturated rings. The van der Waals surface area contributed by atoms with Gasteiger partial charge >= 0.3 is 0 Å². The number of methoxy groups -OCH3 is 1. The standard InChI is InChI=1S/C20H34N4O.HI/c1-5-21-20(22-13-10-17-11-14-23(2)15-12-17)24(3)16-18-6-8-19(25-4)9-7-18;/h6-9,17H,5,10-16H2,1-4H3,(H,21,22);1H. The van der Waals surface area contributed by atoms with Crippen LogP contribution in [-0.4, -0.2) is 63.1 Å². The fourth-order valence-electron chi connectivity index (χ4n) is 3.25. The number of halogens is 1. The Kier molecular flexibility index (Phi) is 11.0. The number of hydrogen-bond donors (Lipinski definition) is 1. The first-order valence-corrected chi connectivity index (χ1v) is 9.43. The van der Waals surface area contributed by atoms with Crippen LogP contribution in [0.5, 0.6) is 5.75 Å². The van der Waals surface area contributed by atoms with Gasteiger partial charge in [-0.1, -0.05) is 12.1 Å². The van der Waals surface area contributed by atoms with Gasteiger partial charge in [0.2, 0.25) is 0 Å². The summed E-state index contributed by atoms with van der Waals surface area (Å²) in [6.45, 7) is 7.21. The molecule has 148 valence electrons. The summed E-state index contributed by atoms with van der Waals surface area (Å²) in [4.78, 5) is 9.47. The van der Waals surface area contributed by atoms with Crippen LogP contribution in [0.15, 0.2) is 29.3 Å². The van der Waals surface area contributed by atoms with E-state index in [-0.39, 0.29) is 24.0 Å². The van der Waals surface area contributed by atoms with Crippen LogP contribution in [-0.2, 0) is 6.54 Å². The zero-order valence-electron chi connectivity index (χ0n) is 16.7. The average molecular weight is 474 g/mol. The van der Waals surface area contributed by atoms with E-state index in [9.17, 15) is 0 Å². The summed E-state index contributed by atoms with van der Waals surface area (Å²) in [5.74, 6) is 2.71. The molecular formula is C20H35IN4O. The lowest BCUT2D eigenvalue weighted by molar-refractivity contribution is 0.214. The van der Waals surface area contributed by atoms with Crippen molar-refractivity contribution in [3.8, 4) is 5.75 Å². The second kappa shape index (κ2) is 12.4. The Bertz CT molecular complexity index is 527. The molecule has 5 nitrogen and oxygen atoms in total. The van der Waals surface area contributed by atoms with Crippen LogP contribution in [0.4, 0.5) is 0 Å². The molecule has 0 aromatic heterocycles. The van der Waals surface area contributed by atoms with E-state index in [1.807, 2.05) is 12.1 Å². The van der Waals surface area contributed by atoms with E-state index in [0.717, 1.165) is 37.3 Å². The van der Waals surface area contributed by atoms with Crippen LogP contribution in [0.2, 0.25) is 0 Å². The molecule has 0 unspecified atom stereocenters. The highest BCUT2D eigenvalue weighted by molar-refractivity contribution is 14.0. The minimum Gasteiger partial charge on any atom is -0.497 e. The summed E-state index contributed by atoms with van der Waals surface area (Å²) < 4.78 is 5.22. The number of benzene rings is 1. The molecule has 1 heterocycles. The van der Waals surface area contributed by atoms with E-state index in [4.69, 9.17) is 9.73 Å². The van der Waals surface area contributed by atoms with Crippen molar-refractivity contribution in [3.63, 3.8) is 0 Å². The molecule has 0 radical (unpaired) electrons. The van der Waals surface area contributed by atoms with Gasteiger partial charge in [0.15, 0.2) is 5.96 Å². The summed E-state index contributed by atoms with van der Waals surface area (Å²) in [5.41, 5.74) is 1.25. The molecule has 0 amide bonds. The van der Waals surface area contributed by atoms with Crippen molar-refractivity contribution in [2.24, 2.45) is 10.9 Å². The minimum absolute atomic E-state index is 0. The number of hydrogen-bond acceptors (Lipinski definition) is 3. The highest BCUT2D eigenvalue weighted by Gasteiger charge is 2.16. The van der Waals surface area contributed by atoms with Crippen molar-refractivity contribution < 1.29 is 4.74 Å². The molecule has 26 heavy (non-hydrogen) atoms. The number of ether oxygens (including phenoxy) is 1. The molecular weight excluding hydrogens is 439 g/mol. The first-order valence-electron chi connectivity index (χ1n) is 9.43. The lowest BCUT2D eigenvalue weighted by Crippen LogP contribution is -2.38. The van der Waals surface area contributed by atoms with E-state index < -0.39 is 0 Å². The predicted molar refractivity (Wildman–Crippen MR) is 121 cm³/mol. The van der Waals surface area contributed by atoms with Gasteiger partial charge in [-0.25, -0.2) is 0 Å². The molecule has 1 aromatic carbocycles. The van der Waals surface area contributed by atoms with Gasteiger partial charge in [-0.05, 0) is 69.9 Å². The smallest absolute Gasteiger partial charge is 0.193 e. The van der Waals surface area contributed by atoms with Gasteiger partial charge in [-0.2, -0.15) is 0 Å². The molecule has 0 atom stereocenters. The van der Waals surface area contributed by atoms with Crippen molar-refractivity contribution in [1.82, 2.24) is 15.1 Å². The monoisotopic (exact) mass is 474 g/mol. The summed E-state index contributed by atoms with van der Waals surface area (Å²) in [5, 5.41) is 3.41. The van der Waals surface area contributed by atoms with Crippen LogP contribution in [0.3, 0.4) is 0 Å². The van der Waals surface area contributed by atoms with Crippen LogP contribution < -0.4 is 10.1 Å². The van der Waals surface area contributed by atoms with E-state index >= 15 is 0 Å². The molecule has 1 N–H and O–H groups in total. The highest BCUT2D eigenvalue weighted by Crippen LogP contribution is 2.19. The molecule has 1 aliphatic rings. The lowest BCUT2D eigenvalue weighted by Gasteiger charge is -2.28. The zero-order valence-corrected chi connectivity index (χ0v) is 19.0. The van der Waals surface area contributed by atoms with Crippen molar-refractivity contribution in [2.75, 3.05) is 47.4 Å². The third-order valence-corrected chi connectivity index (χ3v) is 4.91. The van der Waals surface area contributed by atoms with Gasteiger partial charge in [0.05, 0.1) is 7.11 Å². The summed E-state index contributed by atoms with van der Waals surface area (Å²) in [7, 11) is 6.01. The maximum absolute atomic E-state index is 5.22. The van der Waals surface area contributed by atoms with Gasteiger partial charge in [-0.15, -0.1) is 24.0 Å². The Morgan fingerprint density at radius 2 is 1.92 bits per heavy atom. The molecule has 6 heteroatoms. The van der Waals surface area contributed by atoms with E-state index in [0.29, 0.717) is 0 Å². The minimum atomic E-state index is 0. The Hall–Kier alpha value is -1.02. The maximum Gasteiger partial charge on any atom is 0.193 e. The second-order valence-corrected chi connectivity index (χ2v) is 6.98. The third-order valence-electron chi connectivity index (χ3n) is 4.91. The van der Waals surface area contributed by atoms with Gasteiger partial charge < -0.3 is 19.9 Å². The van der Waals surface area contributed by atoms with Gasteiger partial charge in [0, 0.05) is 26.7 Å². The maximum atomic E-state index is 5.22. The number of nitrogens with zero attached hydrogens (tertiary/aromatic N) is 3. The molecule has 2 rings (SSSR count). The molecule has 1 aliphatic heterocycles. The second-order valence-electron chi connectivity index (χ2n) is 6.98. The number of piperidine rings is 1. The summed E-state index contributed by atoms with van der Waals surface area (Å²) >= 11 is 0. The van der Waals surface area contributed by atoms with E-state index in [2.05, 4.69) is 48.3 Å². The van der Waals surface area contributed by atoms with Crippen LogP contribution in [0.25, 0.3) is 0 Å². The van der Waals surface area contributed by atoms with Gasteiger partial charge in [-0.3, -0.25) is 4.99 Å². The third kappa shape index (κ3) is 7.70. The van der Waals surface area contributed by atoms with Gasteiger partial charge in [0.25, 0.3) is 0 Å². The van der Waals surface area contributed by atoms with Crippen LogP contribution in [0, 0.1) is 5.92 Å². The number of rotatable bonds is 7.